The van der Waals surface area contributed by atoms with Gasteiger partial charge in [0.15, 0.2) is 0 Å². The van der Waals surface area contributed by atoms with Crippen LogP contribution in [0, 0.1) is 5.92 Å². The first-order valence-corrected chi connectivity index (χ1v) is 11.4. The molecule has 29 heavy (non-hydrogen) atoms. The van der Waals surface area contributed by atoms with Gasteiger partial charge in [0.25, 0.3) is 0 Å². The monoisotopic (exact) mass is 421 g/mol. The number of carbonyl (C=O) groups excluding carboxylic acids is 2. The van der Waals surface area contributed by atoms with Gasteiger partial charge in [-0.05, 0) is 55.7 Å². The standard InChI is InChI=1S/C21H31N3O4S/c1-2-21(27,17-6-5-7-18(12-17)28-14-16-8-9-16)15-22-29-11-4-3-10-24-13-19(25)23-20(24)26/h5-7,12,16,22,27H,2-4,8-11,13-15H2,1H3,(H,23,25,26). The van der Waals surface area contributed by atoms with Crippen molar-refractivity contribution in [1.82, 2.24) is 14.9 Å². The number of nitrogens with one attached hydrogen (secondary N) is 2. The number of hydrogen-bond donors (Lipinski definition) is 3. The van der Waals surface area contributed by atoms with Gasteiger partial charge in [-0.2, -0.15) is 0 Å². The van der Waals surface area contributed by atoms with Crippen LogP contribution < -0.4 is 14.8 Å². The van der Waals surface area contributed by atoms with Crippen LogP contribution in [-0.4, -0.2) is 53.9 Å². The van der Waals surface area contributed by atoms with Crippen LogP contribution in [0.5, 0.6) is 5.75 Å². The number of hydrogen-bond acceptors (Lipinski definition) is 6. The lowest BCUT2D eigenvalue weighted by molar-refractivity contribution is -0.118. The zero-order chi connectivity index (χ0) is 20.7. The Labute approximate surface area is 176 Å². The molecule has 1 saturated heterocycles. The first kappa shape index (κ1) is 21.9. The smallest absolute Gasteiger partial charge is 0.324 e. The molecular weight excluding hydrogens is 390 g/mol. The number of urea groups is 1. The van der Waals surface area contributed by atoms with E-state index in [2.05, 4.69) is 10.0 Å². The van der Waals surface area contributed by atoms with Crippen molar-refractivity contribution in [2.75, 3.05) is 32.0 Å². The van der Waals surface area contributed by atoms with Gasteiger partial charge in [-0.15, -0.1) is 0 Å². The summed E-state index contributed by atoms with van der Waals surface area (Å²) in [5.74, 6) is 2.15. The van der Waals surface area contributed by atoms with Crippen molar-refractivity contribution in [3.63, 3.8) is 0 Å². The maximum atomic E-state index is 11.5. The Kier molecular flexibility index (Phi) is 7.80. The van der Waals surface area contributed by atoms with Gasteiger partial charge in [0.2, 0.25) is 5.91 Å². The molecule has 3 rings (SSSR count). The number of carbonyl (C=O) groups is 2. The molecule has 1 atom stereocenters. The van der Waals surface area contributed by atoms with Crippen LogP contribution in [0.2, 0.25) is 0 Å². The number of amides is 3. The van der Waals surface area contributed by atoms with E-state index in [1.165, 1.54) is 17.7 Å². The molecule has 0 aromatic heterocycles. The highest BCUT2D eigenvalue weighted by Crippen LogP contribution is 2.31. The molecule has 2 aliphatic rings. The molecule has 1 aliphatic carbocycles. The number of rotatable bonds is 13. The minimum Gasteiger partial charge on any atom is -0.493 e. The Hall–Kier alpha value is -1.77. The third-order valence-electron chi connectivity index (χ3n) is 5.40. The summed E-state index contributed by atoms with van der Waals surface area (Å²) in [6, 6.07) is 7.48. The molecule has 1 aromatic carbocycles. The number of nitrogens with zero attached hydrogens (tertiary/aromatic N) is 1. The fourth-order valence-electron chi connectivity index (χ4n) is 3.19. The van der Waals surface area contributed by atoms with Gasteiger partial charge in [-0.3, -0.25) is 14.8 Å². The van der Waals surface area contributed by atoms with Gasteiger partial charge >= 0.3 is 6.03 Å². The van der Waals surface area contributed by atoms with Crippen LogP contribution in [0.3, 0.4) is 0 Å². The summed E-state index contributed by atoms with van der Waals surface area (Å²) in [7, 11) is 0. The minimum absolute atomic E-state index is 0.164. The second kappa shape index (κ2) is 10.3. The summed E-state index contributed by atoms with van der Waals surface area (Å²) in [4.78, 5) is 24.2. The van der Waals surface area contributed by atoms with E-state index in [-0.39, 0.29) is 18.5 Å². The van der Waals surface area contributed by atoms with E-state index >= 15 is 0 Å². The Balaban J connectivity index is 1.36. The lowest BCUT2D eigenvalue weighted by atomic mass is 9.91. The van der Waals surface area contributed by atoms with Crippen molar-refractivity contribution in [2.24, 2.45) is 5.92 Å². The number of ether oxygens (including phenoxy) is 1. The van der Waals surface area contributed by atoms with Gasteiger partial charge in [-0.1, -0.05) is 31.0 Å². The summed E-state index contributed by atoms with van der Waals surface area (Å²) in [6.07, 6.45) is 4.87. The van der Waals surface area contributed by atoms with Crippen LogP contribution in [0.25, 0.3) is 0 Å². The lowest BCUT2D eigenvalue weighted by Gasteiger charge is -2.28. The van der Waals surface area contributed by atoms with E-state index < -0.39 is 5.60 Å². The summed E-state index contributed by atoms with van der Waals surface area (Å²) < 4.78 is 9.12. The molecule has 3 amide bonds. The van der Waals surface area contributed by atoms with E-state index in [1.807, 2.05) is 31.2 Å². The van der Waals surface area contributed by atoms with Gasteiger partial charge in [0.1, 0.15) is 17.9 Å². The fraction of sp³-hybridized carbons (Fsp3) is 0.619. The first-order chi connectivity index (χ1) is 14.0. The van der Waals surface area contributed by atoms with E-state index in [4.69, 9.17) is 4.74 Å². The largest absolute Gasteiger partial charge is 0.493 e. The van der Waals surface area contributed by atoms with E-state index in [1.54, 1.807) is 11.9 Å². The molecule has 160 valence electrons. The van der Waals surface area contributed by atoms with Gasteiger partial charge in [0, 0.05) is 18.8 Å². The van der Waals surface area contributed by atoms with Gasteiger partial charge in [-0.25, -0.2) is 4.79 Å². The zero-order valence-corrected chi connectivity index (χ0v) is 17.8. The van der Waals surface area contributed by atoms with Crippen molar-refractivity contribution in [1.29, 1.82) is 0 Å². The number of unbranched alkanes of at least 4 members (excludes halogenated alkanes) is 1. The molecule has 1 saturated carbocycles. The first-order valence-electron chi connectivity index (χ1n) is 10.4. The van der Waals surface area contributed by atoms with Gasteiger partial charge in [0.05, 0.1) is 6.61 Å². The van der Waals surface area contributed by atoms with Crippen molar-refractivity contribution < 1.29 is 19.4 Å². The molecule has 8 heteroatoms. The Morgan fingerprint density at radius 3 is 2.86 bits per heavy atom. The van der Waals surface area contributed by atoms with Crippen LogP contribution in [-0.2, 0) is 10.4 Å². The average molecular weight is 422 g/mol. The SMILES string of the molecule is CCC(O)(CNSCCCCN1CC(=O)NC1=O)c1cccc(OCC2CC2)c1. The summed E-state index contributed by atoms with van der Waals surface area (Å²) >= 11 is 1.57. The van der Waals surface area contributed by atoms with Gasteiger partial charge < -0.3 is 14.7 Å². The topological polar surface area (TPSA) is 90.9 Å². The third-order valence-corrected chi connectivity index (χ3v) is 6.24. The molecule has 0 spiro atoms. The van der Waals surface area contributed by atoms with E-state index in [9.17, 15) is 14.7 Å². The molecule has 1 aliphatic heterocycles. The average Bonchev–Trinajstić information content (AvgIpc) is 3.49. The van der Waals surface area contributed by atoms with Crippen molar-refractivity contribution in [3.05, 3.63) is 29.8 Å². The second-order valence-corrected chi connectivity index (χ2v) is 8.80. The molecule has 0 bridgehead atoms. The molecule has 7 nitrogen and oxygen atoms in total. The molecular formula is C21H31N3O4S. The van der Waals surface area contributed by atoms with E-state index in [0.717, 1.165) is 36.5 Å². The summed E-state index contributed by atoms with van der Waals surface area (Å²) in [5, 5.41) is 13.4. The molecule has 0 radical (unpaired) electrons. The molecule has 1 aromatic rings. The molecule has 2 fully saturated rings. The third kappa shape index (κ3) is 6.62. The highest BCUT2D eigenvalue weighted by Gasteiger charge is 2.28. The van der Waals surface area contributed by atoms with Crippen molar-refractivity contribution in [3.8, 4) is 5.75 Å². The number of imide groups is 1. The van der Waals surface area contributed by atoms with Crippen LogP contribution in [0.15, 0.2) is 24.3 Å². The van der Waals surface area contributed by atoms with Crippen LogP contribution in [0.4, 0.5) is 4.79 Å². The van der Waals surface area contributed by atoms with Crippen molar-refractivity contribution >= 4 is 23.9 Å². The quantitative estimate of drug-likeness (QED) is 0.258. The Bertz CT molecular complexity index is 713. The van der Waals surface area contributed by atoms with Crippen molar-refractivity contribution in [2.45, 2.75) is 44.6 Å². The minimum atomic E-state index is -0.944. The number of aliphatic hydroxyl groups is 1. The molecule has 1 heterocycles. The maximum absolute atomic E-state index is 11.5. The normalized spacial score (nSPS) is 18.6. The van der Waals surface area contributed by atoms with E-state index in [0.29, 0.717) is 25.4 Å². The fourth-order valence-corrected chi connectivity index (χ4v) is 4.02. The lowest BCUT2D eigenvalue weighted by Crippen LogP contribution is -2.35. The molecule has 3 N–H and O–H groups in total. The Morgan fingerprint density at radius 2 is 2.17 bits per heavy atom. The molecule has 1 unspecified atom stereocenters. The summed E-state index contributed by atoms with van der Waals surface area (Å²) in [6.45, 7) is 3.94. The second-order valence-electron chi connectivity index (χ2n) is 7.82. The predicted molar refractivity (Wildman–Crippen MR) is 114 cm³/mol. The number of benzene rings is 1. The maximum Gasteiger partial charge on any atom is 0.324 e. The predicted octanol–water partition coefficient (Wildman–Crippen LogP) is 2.64. The highest BCUT2D eigenvalue weighted by atomic mass is 32.2. The van der Waals surface area contributed by atoms with Crippen LogP contribution >= 0.6 is 11.9 Å². The summed E-state index contributed by atoms with van der Waals surface area (Å²) in [5.41, 5.74) is -0.0777. The van der Waals surface area contributed by atoms with Crippen LogP contribution in [0.1, 0.15) is 44.6 Å². The highest BCUT2D eigenvalue weighted by molar-refractivity contribution is 7.97. The zero-order valence-electron chi connectivity index (χ0n) is 17.0. The Morgan fingerprint density at radius 1 is 1.34 bits per heavy atom.